The van der Waals surface area contributed by atoms with E-state index in [1.54, 1.807) is 11.3 Å². The fourth-order valence-electron chi connectivity index (χ4n) is 5.09. The molecule has 1 saturated heterocycles. The fourth-order valence-corrected chi connectivity index (χ4v) is 6.10. The second-order valence-electron chi connectivity index (χ2n) is 7.96. The number of aromatic nitrogens is 1. The van der Waals surface area contributed by atoms with Gasteiger partial charge in [0.1, 0.15) is 5.01 Å². The molecule has 3 unspecified atom stereocenters. The smallest absolute Gasteiger partial charge is 0.226 e. The van der Waals surface area contributed by atoms with Gasteiger partial charge in [-0.2, -0.15) is 0 Å². The maximum absolute atomic E-state index is 12.9. The van der Waals surface area contributed by atoms with E-state index in [0.717, 1.165) is 50.6 Å². The molecule has 0 spiro atoms. The lowest BCUT2D eigenvalue weighted by Crippen LogP contribution is -2.50. The summed E-state index contributed by atoms with van der Waals surface area (Å²) in [6, 6.07) is 8.35. The van der Waals surface area contributed by atoms with E-state index in [1.165, 1.54) is 29.0 Å². The van der Waals surface area contributed by atoms with Gasteiger partial charge in [0.15, 0.2) is 0 Å². The summed E-state index contributed by atoms with van der Waals surface area (Å²) in [6.45, 7) is 4.63. The lowest BCUT2D eigenvalue weighted by molar-refractivity contribution is -0.139. The van der Waals surface area contributed by atoms with Gasteiger partial charge in [0, 0.05) is 32.1 Å². The van der Waals surface area contributed by atoms with Crippen molar-refractivity contribution in [2.45, 2.75) is 32.2 Å². The molecule has 2 saturated carbocycles. The van der Waals surface area contributed by atoms with E-state index < -0.39 is 0 Å². The molecule has 3 aliphatic rings. The van der Waals surface area contributed by atoms with Crippen LogP contribution < -0.4 is 0 Å². The van der Waals surface area contributed by atoms with Gasteiger partial charge >= 0.3 is 0 Å². The first-order valence-electron chi connectivity index (χ1n) is 9.62. The Morgan fingerprint density at radius 3 is 2.68 bits per heavy atom. The molecule has 1 amide bonds. The zero-order valence-corrected chi connectivity index (χ0v) is 15.4. The van der Waals surface area contributed by atoms with Crippen LogP contribution in [-0.4, -0.2) is 46.9 Å². The van der Waals surface area contributed by atoms with Crippen molar-refractivity contribution >= 4 is 27.5 Å². The number of carbonyl (C=O) groups is 1. The van der Waals surface area contributed by atoms with Gasteiger partial charge in [-0.1, -0.05) is 18.6 Å². The Balaban J connectivity index is 1.18. The highest BCUT2D eigenvalue weighted by Crippen LogP contribution is 2.48. The molecule has 0 N–H and O–H groups in total. The molecule has 2 heterocycles. The Morgan fingerprint density at radius 2 is 1.96 bits per heavy atom. The van der Waals surface area contributed by atoms with Gasteiger partial charge in [0.25, 0.3) is 0 Å². The van der Waals surface area contributed by atoms with Gasteiger partial charge in [0.05, 0.1) is 16.8 Å². The zero-order chi connectivity index (χ0) is 16.8. The van der Waals surface area contributed by atoms with Gasteiger partial charge < -0.3 is 4.90 Å². The molecule has 0 radical (unpaired) electrons. The molecule has 5 heteroatoms. The number of thiazole rings is 1. The monoisotopic (exact) mass is 355 g/mol. The number of carbonyl (C=O) groups excluding carboxylic acids is 1. The summed E-state index contributed by atoms with van der Waals surface area (Å²) >= 11 is 1.79. The number of piperazine rings is 1. The predicted molar refractivity (Wildman–Crippen MR) is 100 cm³/mol. The third-order valence-corrected chi connectivity index (χ3v) is 7.46. The molecule has 1 aromatic carbocycles. The van der Waals surface area contributed by atoms with E-state index in [-0.39, 0.29) is 0 Å². The first-order valence-corrected chi connectivity index (χ1v) is 10.4. The number of rotatable bonds is 3. The number of para-hydroxylation sites is 1. The lowest BCUT2D eigenvalue weighted by Gasteiger charge is -2.37. The van der Waals surface area contributed by atoms with Crippen molar-refractivity contribution < 1.29 is 4.79 Å². The molecule has 25 heavy (non-hydrogen) atoms. The summed E-state index contributed by atoms with van der Waals surface area (Å²) in [7, 11) is 0. The standard InChI is InChI=1S/C20H25N3OS/c24-20(16-12-14-5-6-15(16)11-14)23-9-7-22(8-10-23)13-19-21-17-3-1-2-4-18(17)25-19/h1-4,14-16H,5-13H2. The number of hydrogen-bond acceptors (Lipinski definition) is 4. The SMILES string of the molecule is O=C(C1CC2CCC1C2)N1CCN(Cc2nc3ccccc3s2)CC1. The Kier molecular flexibility index (Phi) is 4.01. The minimum absolute atomic E-state index is 0.342. The Labute approximate surface area is 152 Å². The third kappa shape index (κ3) is 2.97. The quantitative estimate of drug-likeness (QED) is 0.847. The fraction of sp³-hybridized carbons (Fsp3) is 0.600. The summed E-state index contributed by atoms with van der Waals surface area (Å²) < 4.78 is 1.27. The highest BCUT2D eigenvalue weighted by molar-refractivity contribution is 7.18. The summed E-state index contributed by atoms with van der Waals surface area (Å²) in [4.78, 5) is 22.2. The molecule has 132 valence electrons. The minimum Gasteiger partial charge on any atom is -0.340 e. The van der Waals surface area contributed by atoms with Crippen LogP contribution in [0.2, 0.25) is 0 Å². The van der Waals surface area contributed by atoms with Crippen LogP contribution in [-0.2, 0) is 11.3 Å². The summed E-state index contributed by atoms with van der Waals surface area (Å²) in [5.74, 6) is 2.33. The van der Waals surface area contributed by atoms with Gasteiger partial charge in [-0.3, -0.25) is 9.69 Å². The summed E-state index contributed by atoms with van der Waals surface area (Å²) in [5, 5.41) is 1.19. The van der Waals surface area contributed by atoms with E-state index in [1.807, 2.05) is 6.07 Å². The van der Waals surface area contributed by atoms with Crippen LogP contribution in [0.4, 0.5) is 0 Å². The van der Waals surface area contributed by atoms with Crippen LogP contribution in [0.5, 0.6) is 0 Å². The van der Waals surface area contributed by atoms with E-state index in [0.29, 0.717) is 17.7 Å². The van der Waals surface area contributed by atoms with Crippen molar-refractivity contribution in [3.05, 3.63) is 29.3 Å². The van der Waals surface area contributed by atoms with Crippen LogP contribution in [0.1, 0.15) is 30.7 Å². The Hall–Kier alpha value is -1.46. The maximum atomic E-state index is 12.9. The van der Waals surface area contributed by atoms with Gasteiger partial charge in [-0.05, 0) is 43.2 Å². The van der Waals surface area contributed by atoms with Crippen LogP contribution >= 0.6 is 11.3 Å². The first-order chi connectivity index (χ1) is 12.3. The number of hydrogen-bond donors (Lipinski definition) is 0. The molecular weight excluding hydrogens is 330 g/mol. The Morgan fingerprint density at radius 1 is 1.12 bits per heavy atom. The summed E-state index contributed by atoms with van der Waals surface area (Å²) in [6.07, 6.45) is 5.13. The Bertz CT molecular complexity index is 747. The molecule has 2 bridgehead atoms. The zero-order valence-electron chi connectivity index (χ0n) is 14.6. The first kappa shape index (κ1) is 15.8. The predicted octanol–water partition coefficient (Wildman–Crippen LogP) is 3.38. The van der Waals surface area contributed by atoms with Crippen LogP contribution in [0, 0.1) is 17.8 Å². The largest absolute Gasteiger partial charge is 0.340 e. The molecule has 5 rings (SSSR count). The van der Waals surface area contributed by atoms with Crippen molar-refractivity contribution in [3.63, 3.8) is 0 Å². The molecule has 1 aliphatic heterocycles. The van der Waals surface area contributed by atoms with E-state index in [4.69, 9.17) is 4.98 Å². The molecule has 3 atom stereocenters. The van der Waals surface area contributed by atoms with Gasteiger partial charge in [-0.25, -0.2) is 4.98 Å². The van der Waals surface area contributed by atoms with Gasteiger partial charge in [-0.15, -0.1) is 11.3 Å². The number of nitrogens with zero attached hydrogens (tertiary/aromatic N) is 3. The third-order valence-electron chi connectivity index (χ3n) is 6.44. The topological polar surface area (TPSA) is 36.4 Å². The van der Waals surface area contributed by atoms with E-state index in [2.05, 4.69) is 28.0 Å². The van der Waals surface area contributed by atoms with Crippen molar-refractivity contribution in [3.8, 4) is 0 Å². The molecule has 1 aromatic heterocycles. The molecule has 2 aromatic rings. The highest BCUT2D eigenvalue weighted by atomic mass is 32.1. The normalized spacial score (nSPS) is 29.6. The van der Waals surface area contributed by atoms with E-state index in [9.17, 15) is 4.79 Å². The molecule has 3 fully saturated rings. The highest BCUT2D eigenvalue weighted by Gasteiger charge is 2.44. The lowest BCUT2D eigenvalue weighted by atomic mass is 9.87. The van der Waals surface area contributed by atoms with Crippen LogP contribution in [0.3, 0.4) is 0 Å². The minimum atomic E-state index is 0.342. The van der Waals surface area contributed by atoms with Crippen molar-refractivity contribution in [2.75, 3.05) is 26.2 Å². The molecule has 2 aliphatic carbocycles. The maximum Gasteiger partial charge on any atom is 0.226 e. The average molecular weight is 356 g/mol. The second kappa shape index (κ2) is 6.36. The average Bonchev–Trinajstić information content (AvgIpc) is 3.36. The van der Waals surface area contributed by atoms with Crippen molar-refractivity contribution in [1.29, 1.82) is 0 Å². The van der Waals surface area contributed by atoms with Crippen molar-refractivity contribution in [1.82, 2.24) is 14.8 Å². The van der Waals surface area contributed by atoms with Crippen molar-refractivity contribution in [2.24, 2.45) is 17.8 Å². The number of fused-ring (bicyclic) bond motifs is 3. The van der Waals surface area contributed by atoms with Crippen LogP contribution in [0.15, 0.2) is 24.3 Å². The number of benzene rings is 1. The second-order valence-corrected chi connectivity index (χ2v) is 9.07. The molecular formula is C20H25N3OS. The summed E-state index contributed by atoms with van der Waals surface area (Å²) in [5.41, 5.74) is 1.10. The molecule has 4 nitrogen and oxygen atoms in total. The van der Waals surface area contributed by atoms with Crippen LogP contribution in [0.25, 0.3) is 10.2 Å². The van der Waals surface area contributed by atoms with E-state index >= 15 is 0 Å². The van der Waals surface area contributed by atoms with Gasteiger partial charge in [0.2, 0.25) is 5.91 Å². The number of amides is 1.